The lowest BCUT2D eigenvalue weighted by Gasteiger charge is -2.28. The second-order valence-electron chi connectivity index (χ2n) is 5.78. The number of rotatable bonds is 3. The van der Waals surface area contributed by atoms with Crippen molar-refractivity contribution in [3.63, 3.8) is 0 Å². The van der Waals surface area contributed by atoms with Crippen LogP contribution in [0.2, 0.25) is 0 Å². The molecule has 1 aromatic rings. The highest BCUT2D eigenvalue weighted by Gasteiger charge is 2.48. The molecule has 0 unspecified atom stereocenters. The van der Waals surface area contributed by atoms with Crippen molar-refractivity contribution in [2.45, 2.75) is 45.5 Å². The molecule has 1 aromatic carbocycles. The van der Waals surface area contributed by atoms with Gasteiger partial charge in [-0.15, -0.1) is 0 Å². The van der Waals surface area contributed by atoms with E-state index in [1.807, 2.05) is 52.0 Å². The van der Waals surface area contributed by atoms with Gasteiger partial charge in [0.05, 0.1) is 12.3 Å². The van der Waals surface area contributed by atoms with Crippen molar-refractivity contribution < 1.29 is 14.6 Å². The van der Waals surface area contributed by atoms with Gasteiger partial charge in [0.15, 0.2) is 0 Å². The molecule has 1 fully saturated rings. The standard InChI is InChI=1S/C16H21NO3/c1-15(2)16(3,4)20-14(19-15)9-10-17-13-8-6-5-7-12(13)11-18/h5-10,18H,11H2,1-4H3. The van der Waals surface area contributed by atoms with Gasteiger partial charge in [0, 0.05) is 17.9 Å². The first-order valence-electron chi connectivity index (χ1n) is 6.67. The number of allylic oxidation sites excluding steroid dienone is 1. The predicted octanol–water partition coefficient (Wildman–Crippen LogP) is 3.33. The molecule has 20 heavy (non-hydrogen) atoms. The smallest absolute Gasteiger partial charge is 0.282 e. The fourth-order valence-corrected chi connectivity index (χ4v) is 1.79. The zero-order valence-electron chi connectivity index (χ0n) is 12.4. The van der Waals surface area contributed by atoms with Gasteiger partial charge in [-0.05, 0) is 33.8 Å². The average molecular weight is 275 g/mol. The van der Waals surface area contributed by atoms with Crippen molar-refractivity contribution in [3.05, 3.63) is 41.9 Å². The summed E-state index contributed by atoms with van der Waals surface area (Å²) in [6.07, 6.45) is 3.33. The quantitative estimate of drug-likeness (QED) is 0.861. The SMILES string of the molecule is CC1(C)OC(=CC=Nc2ccccc2CO)OC1(C)C. The number of para-hydroxylation sites is 1. The maximum absolute atomic E-state index is 9.23. The zero-order valence-corrected chi connectivity index (χ0v) is 12.4. The van der Waals surface area contributed by atoms with Crippen molar-refractivity contribution >= 4 is 11.9 Å². The Morgan fingerprint density at radius 1 is 1.10 bits per heavy atom. The van der Waals surface area contributed by atoms with E-state index < -0.39 is 0 Å². The highest BCUT2D eigenvalue weighted by atomic mass is 16.7. The van der Waals surface area contributed by atoms with Gasteiger partial charge in [-0.3, -0.25) is 4.99 Å². The Morgan fingerprint density at radius 2 is 1.70 bits per heavy atom. The summed E-state index contributed by atoms with van der Waals surface area (Å²) in [7, 11) is 0. The molecule has 0 bridgehead atoms. The van der Waals surface area contributed by atoms with Crippen LogP contribution in [-0.2, 0) is 16.1 Å². The third-order valence-electron chi connectivity index (χ3n) is 3.75. The molecule has 0 saturated carbocycles. The summed E-state index contributed by atoms with van der Waals surface area (Å²) in [6, 6.07) is 7.45. The fourth-order valence-electron chi connectivity index (χ4n) is 1.79. The molecular weight excluding hydrogens is 254 g/mol. The van der Waals surface area contributed by atoms with Gasteiger partial charge < -0.3 is 14.6 Å². The molecule has 0 amide bonds. The summed E-state index contributed by atoms with van der Waals surface area (Å²) in [6.45, 7) is 7.94. The molecule has 0 aliphatic carbocycles. The Bertz CT molecular complexity index is 526. The Hall–Kier alpha value is -1.81. The highest BCUT2D eigenvalue weighted by molar-refractivity contribution is 5.75. The van der Waals surface area contributed by atoms with E-state index in [9.17, 15) is 5.11 Å². The minimum Gasteiger partial charge on any atom is -0.455 e. The average Bonchev–Trinajstić information content (AvgIpc) is 2.58. The molecule has 1 saturated heterocycles. The van der Waals surface area contributed by atoms with Crippen molar-refractivity contribution in [3.8, 4) is 0 Å². The topological polar surface area (TPSA) is 51.0 Å². The van der Waals surface area contributed by atoms with Gasteiger partial charge in [0.2, 0.25) is 0 Å². The Kier molecular flexibility index (Phi) is 3.86. The number of aliphatic imine (C=N–C) groups is 1. The van der Waals surface area contributed by atoms with E-state index in [1.54, 1.807) is 12.3 Å². The summed E-state index contributed by atoms with van der Waals surface area (Å²) in [5.41, 5.74) is 0.769. The summed E-state index contributed by atoms with van der Waals surface area (Å²) in [4.78, 5) is 4.31. The molecule has 1 aliphatic heterocycles. The molecular formula is C16H21NO3. The molecule has 4 heteroatoms. The van der Waals surface area contributed by atoms with Gasteiger partial charge in [-0.25, -0.2) is 0 Å². The van der Waals surface area contributed by atoms with Crippen LogP contribution in [0, 0.1) is 0 Å². The molecule has 2 rings (SSSR count). The first-order chi connectivity index (χ1) is 9.36. The van der Waals surface area contributed by atoms with Gasteiger partial charge in [-0.1, -0.05) is 18.2 Å². The minimum absolute atomic E-state index is 0.0306. The van der Waals surface area contributed by atoms with Crippen LogP contribution in [0.4, 0.5) is 5.69 Å². The monoisotopic (exact) mass is 275 g/mol. The van der Waals surface area contributed by atoms with E-state index >= 15 is 0 Å². The van der Waals surface area contributed by atoms with E-state index in [2.05, 4.69) is 4.99 Å². The number of hydrogen-bond donors (Lipinski definition) is 1. The lowest BCUT2D eigenvalue weighted by Crippen LogP contribution is -2.41. The summed E-state index contributed by atoms with van der Waals surface area (Å²) in [5.74, 6) is 0.463. The van der Waals surface area contributed by atoms with E-state index in [-0.39, 0.29) is 17.8 Å². The number of ether oxygens (including phenoxy) is 2. The zero-order chi connectivity index (χ0) is 14.8. The lowest BCUT2D eigenvalue weighted by atomic mass is 9.90. The molecule has 0 radical (unpaired) electrons. The molecule has 0 aromatic heterocycles. The number of aliphatic hydroxyl groups excluding tert-OH is 1. The maximum atomic E-state index is 9.23. The molecule has 1 N–H and O–H groups in total. The highest BCUT2D eigenvalue weighted by Crippen LogP contribution is 2.39. The second kappa shape index (κ2) is 5.29. The third kappa shape index (κ3) is 2.85. The second-order valence-corrected chi connectivity index (χ2v) is 5.78. The van der Waals surface area contributed by atoms with E-state index in [0.29, 0.717) is 5.95 Å². The Balaban J connectivity index is 2.13. The summed E-state index contributed by atoms with van der Waals surface area (Å²) < 4.78 is 11.5. The molecule has 1 aliphatic rings. The van der Waals surface area contributed by atoms with Gasteiger partial charge in [0.25, 0.3) is 5.95 Å². The van der Waals surface area contributed by atoms with Crippen LogP contribution in [0.15, 0.2) is 41.3 Å². The van der Waals surface area contributed by atoms with Crippen molar-refractivity contribution in [1.29, 1.82) is 0 Å². The van der Waals surface area contributed by atoms with E-state index in [0.717, 1.165) is 11.3 Å². The Morgan fingerprint density at radius 3 is 2.30 bits per heavy atom. The molecule has 0 spiro atoms. The molecule has 1 heterocycles. The largest absolute Gasteiger partial charge is 0.455 e. The van der Waals surface area contributed by atoms with Gasteiger partial charge >= 0.3 is 0 Å². The van der Waals surface area contributed by atoms with Crippen molar-refractivity contribution in [2.24, 2.45) is 4.99 Å². The predicted molar refractivity (Wildman–Crippen MR) is 78.9 cm³/mol. The van der Waals surface area contributed by atoms with Crippen LogP contribution >= 0.6 is 0 Å². The van der Waals surface area contributed by atoms with Crippen molar-refractivity contribution in [1.82, 2.24) is 0 Å². The van der Waals surface area contributed by atoms with E-state index in [4.69, 9.17) is 9.47 Å². The van der Waals surface area contributed by atoms with Crippen molar-refractivity contribution in [2.75, 3.05) is 0 Å². The first kappa shape index (κ1) is 14.6. The minimum atomic E-state index is -0.379. The third-order valence-corrected chi connectivity index (χ3v) is 3.75. The number of benzene rings is 1. The van der Waals surface area contributed by atoms with Crippen LogP contribution in [0.1, 0.15) is 33.3 Å². The van der Waals surface area contributed by atoms with Crippen LogP contribution in [0.3, 0.4) is 0 Å². The lowest BCUT2D eigenvalue weighted by molar-refractivity contribution is 0.00578. The summed E-state index contributed by atoms with van der Waals surface area (Å²) in [5, 5.41) is 9.23. The summed E-state index contributed by atoms with van der Waals surface area (Å²) >= 11 is 0. The van der Waals surface area contributed by atoms with Crippen LogP contribution in [0.5, 0.6) is 0 Å². The van der Waals surface area contributed by atoms with Gasteiger partial charge in [0.1, 0.15) is 11.2 Å². The maximum Gasteiger partial charge on any atom is 0.282 e. The molecule has 4 nitrogen and oxygen atoms in total. The van der Waals surface area contributed by atoms with Gasteiger partial charge in [-0.2, -0.15) is 0 Å². The molecule has 0 atom stereocenters. The first-order valence-corrected chi connectivity index (χ1v) is 6.67. The van der Waals surface area contributed by atoms with E-state index in [1.165, 1.54) is 0 Å². The normalized spacial score (nSPS) is 19.8. The molecule has 108 valence electrons. The van der Waals surface area contributed by atoms with Crippen LogP contribution in [-0.4, -0.2) is 22.5 Å². The van der Waals surface area contributed by atoms with Crippen LogP contribution in [0.25, 0.3) is 0 Å². The number of hydrogen-bond acceptors (Lipinski definition) is 4. The van der Waals surface area contributed by atoms with Crippen LogP contribution < -0.4 is 0 Å². The Labute approximate surface area is 119 Å². The fraction of sp³-hybridized carbons (Fsp3) is 0.438. The number of nitrogens with zero attached hydrogens (tertiary/aromatic N) is 1. The number of aliphatic hydroxyl groups is 1.